The Kier molecular flexibility index (Phi) is 6.12. The van der Waals surface area contributed by atoms with Crippen molar-refractivity contribution in [1.29, 1.82) is 0 Å². The lowest BCUT2D eigenvalue weighted by Gasteiger charge is -2.10. The van der Waals surface area contributed by atoms with Crippen LogP contribution in [-0.2, 0) is 21.9 Å². The van der Waals surface area contributed by atoms with Crippen LogP contribution in [0.25, 0.3) is 0 Å². The van der Waals surface area contributed by atoms with Gasteiger partial charge in [0, 0.05) is 12.3 Å². The number of carbonyl (C=O) groups is 2. The zero-order valence-electron chi connectivity index (χ0n) is 9.94. The fourth-order valence-electron chi connectivity index (χ4n) is 1.25. The monoisotopic (exact) mass is 273 g/mol. The molecular weight excluding hydrogens is 258 g/mol. The Labute approximate surface area is 108 Å². The van der Waals surface area contributed by atoms with E-state index in [2.05, 4.69) is 20.8 Å². The molecule has 0 aliphatic heterocycles. The minimum absolute atomic E-state index is 0.271. The number of amides is 1. The number of hydrogen-bond acceptors (Lipinski definition) is 6. The number of aliphatic carboxylic acids is 1. The van der Waals surface area contributed by atoms with Crippen molar-refractivity contribution in [3.05, 3.63) is 5.82 Å². The van der Waals surface area contributed by atoms with Crippen molar-refractivity contribution in [3.63, 3.8) is 0 Å². The maximum absolute atomic E-state index is 10.8. The number of nitrogens with one attached hydrogen (secondary N) is 1. The predicted octanol–water partition coefficient (Wildman–Crippen LogP) is -0.484. The highest BCUT2D eigenvalue weighted by Gasteiger charge is 2.16. The lowest BCUT2D eigenvalue weighted by molar-refractivity contribution is -0.139. The number of rotatable bonds is 9. The number of thioether (sulfide) groups is 1. The van der Waals surface area contributed by atoms with Gasteiger partial charge in [-0.3, -0.25) is 4.79 Å². The Morgan fingerprint density at radius 3 is 3.06 bits per heavy atom. The molecule has 1 unspecified atom stereocenters. The first-order valence-corrected chi connectivity index (χ1v) is 6.59. The molecular formula is C9H15N5O3S. The van der Waals surface area contributed by atoms with Crippen LogP contribution >= 0.6 is 11.8 Å². The Morgan fingerprint density at radius 1 is 1.67 bits per heavy atom. The summed E-state index contributed by atoms with van der Waals surface area (Å²) in [6, 6.07) is -0.886. The van der Waals surface area contributed by atoms with Gasteiger partial charge in [-0.05, 0) is 16.8 Å². The first kappa shape index (κ1) is 14.4. The molecule has 18 heavy (non-hydrogen) atoms. The summed E-state index contributed by atoms with van der Waals surface area (Å²) < 4.78 is 1.69. The summed E-state index contributed by atoms with van der Waals surface area (Å²) in [5.74, 6) is 0.435. The molecule has 0 fully saturated rings. The van der Waals surface area contributed by atoms with Gasteiger partial charge < -0.3 is 10.4 Å². The maximum atomic E-state index is 10.8. The van der Waals surface area contributed by atoms with Gasteiger partial charge in [0.15, 0.2) is 5.82 Å². The largest absolute Gasteiger partial charge is 0.480 e. The molecule has 0 bridgehead atoms. The maximum Gasteiger partial charge on any atom is 0.327 e. The third-order valence-electron chi connectivity index (χ3n) is 2.12. The molecule has 1 atom stereocenters. The number of carbonyl (C=O) groups excluding carboxylic acids is 1. The molecule has 0 saturated heterocycles. The molecule has 0 aliphatic carbocycles. The molecule has 1 aromatic rings. The topological polar surface area (TPSA) is 110 Å². The third-order valence-corrected chi connectivity index (χ3v) is 3.16. The van der Waals surface area contributed by atoms with Crippen molar-refractivity contribution in [1.82, 2.24) is 25.5 Å². The van der Waals surface area contributed by atoms with Crippen LogP contribution in [-0.4, -0.2) is 49.5 Å². The van der Waals surface area contributed by atoms with E-state index >= 15 is 0 Å². The van der Waals surface area contributed by atoms with Gasteiger partial charge in [0.2, 0.25) is 6.41 Å². The van der Waals surface area contributed by atoms with E-state index in [1.165, 1.54) is 11.8 Å². The lowest BCUT2D eigenvalue weighted by atomic mass is 10.3. The molecule has 1 aromatic heterocycles. The summed E-state index contributed by atoms with van der Waals surface area (Å²) in [5, 5.41) is 22.3. The SMILES string of the molecule is CCCn1nnnc1CSCC(NC=O)C(=O)O. The fourth-order valence-corrected chi connectivity index (χ4v) is 2.23. The number of hydrogen-bond donors (Lipinski definition) is 2. The van der Waals surface area contributed by atoms with Gasteiger partial charge in [-0.2, -0.15) is 11.8 Å². The van der Waals surface area contributed by atoms with E-state index < -0.39 is 12.0 Å². The van der Waals surface area contributed by atoms with Crippen molar-refractivity contribution < 1.29 is 14.7 Å². The van der Waals surface area contributed by atoms with Crippen molar-refractivity contribution in [2.75, 3.05) is 5.75 Å². The number of carboxylic acids is 1. The van der Waals surface area contributed by atoms with Gasteiger partial charge in [0.05, 0.1) is 5.75 Å². The van der Waals surface area contributed by atoms with Crippen LogP contribution in [0.15, 0.2) is 0 Å². The van der Waals surface area contributed by atoms with E-state index in [4.69, 9.17) is 5.11 Å². The van der Waals surface area contributed by atoms with E-state index in [9.17, 15) is 9.59 Å². The number of tetrazole rings is 1. The first-order chi connectivity index (χ1) is 8.69. The Morgan fingerprint density at radius 2 is 2.44 bits per heavy atom. The second kappa shape index (κ2) is 7.64. The van der Waals surface area contributed by atoms with E-state index in [1.807, 2.05) is 6.92 Å². The van der Waals surface area contributed by atoms with Crippen molar-refractivity contribution in [2.45, 2.75) is 31.7 Å². The number of aromatic nitrogens is 4. The Hall–Kier alpha value is -1.64. The van der Waals surface area contributed by atoms with Crippen LogP contribution in [0.3, 0.4) is 0 Å². The molecule has 0 aromatic carbocycles. The molecule has 1 rings (SSSR count). The minimum Gasteiger partial charge on any atom is -0.480 e. The van der Waals surface area contributed by atoms with E-state index in [-0.39, 0.29) is 5.75 Å². The van der Waals surface area contributed by atoms with Gasteiger partial charge in [0.1, 0.15) is 6.04 Å². The second-order valence-corrected chi connectivity index (χ2v) is 4.54. The average molecular weight is 273 g/mol. The van der Waals surface area contributed by atoms with Crippen molar-refractivity contribution in [3.8, 4) is 0 Å². The normalized spacial score (nSPS) is 12.1. The van der Waals surface area contributed by atoms with Crippen LogP contribution < -0.4 is 5.32 Å². The first-order valence-electron chi connectivity index (χ1n) is 5.44. The van der Waals surface area contributed by atoms with Crippen molar-refractivity contribution >= 4 is 24.1 Å². The average Bonchev–Trinajstić information content (AvgIpc) is 2.76. The van der Waals surface area contributed by atoms with E-state index in [0.717, 1.165) is 13.0 Å². The highest BCUT2D eigenvalue weighted by molar-refractivity contribution is 7.98. The summed E-state index contributed by atoms with van der Waals surface area (Å²) in [4.78, 5) is 21.0. The van der Waals surface area contributed by atoms with Gasteiger partial charge in [0.25, 0.3) is 0 Å². The summed E-state index contributed by atoms with van der Waals surface area (Å²) in [6.07, 6.45) is 1.31. The van der Waals surface area contributed by atoms with Crippen LogP contribution in [0, 0.1) is 0 Å². The van der Waals surface area contributed by atoms with Crippen LogP contribution in [0.5, 0.6) is 0 Å². The molecule has 8 nitrogen and oxygen atoms in total. The number of carboxylic acid groups (broad SMARTS) is 1. The van der Waals surface area contributed by atoms with E-state index in [0.29, 0.717) is 18.0 Å². The number of nitrogens with zero attached hydrogens (tertiary/aromatic N) is 4. The highest BCUT2D eigenvalue weighted by Crippen LogP contribution is 2.10. The van der Waals surface area contributed by atoms with Gasteiger partial charge in [-0.1, -0.05) is 6.92 Å². The quantitative estimate of drug-likeness (QED) is 0.584. The summed E-state index contributed by atoms with van der Waals surface area (Å²) in [7, 11) is 0. The summed E-state index contributed by atoms with van der Waals surface area (Å²) in [5.41, 5.74) is 0. The molecule has 1 heterocycles. The molecule has 9 heteroatoms. The van der Waals surface area contributed by atoms with Gasteiger partial charge in [-0.25, -0.2) is 9.48 Å². The fraction of sp³-hybridized carbons (Fsp3) is 0.667. The standard InChI is InChI=1S/C9H15N5O3S/c1-2-3-14-8(11-12-13-14)5-18-4-7(9(16)17)10-6-15/h6-7H,2-5H2,1H3,(H,10,15)(H,16,17). The molecule has 0 saturated carbocycles. The van der Waals surface area contributed by atoms with E-state index in [1.54, 1.807) is 4.68 Å². The molecule has 0 aliphatic rings. The molecule has 0 radical (unpaired) electrons. The van der Waals surface area contributed by atoms with Gasteiger partial charge >= 0.3 is 5.97 Å². The lowest BCUT2D eigenvalue weighted by Crippen LogP contribution is -2.37. The van der Waals surface area contributed by atoms with Crippen molar-refractivity contribution in [2.24, 2.45) is 0 Å². The second-order valence-electron chi connectivity index (χ2n) is 3.51. The molecule has 100 valence electrons. The van der Waals surface area contributed by atoms with Crippen LogP contribution in [0.1, 0.15) is 19.2 Å². The summed E-state index contributed by atoms with van der Waals surface area (Å²) >= 11 is 1.36. The van der Waals surface area contributed by atoms with Crippen LogP contribution in [0.2, 0.25) is 0 Å². The zero-order chi connectivity index (χ0) is 13.4. The smallest absolute Gasteiger partial charge is 0.327 e. The molecule has 1 amide bonds. The van der Waals surface area contributed by atoms with Gasteiger partial charge in [-0.15, -0.1) is 5.10 Å². The minimum atomic E-state index is -1.05. The summed E-state index contributed by atoms with van der Waals surface area (Å²) in [6.45, 7) is 2.75. The number of aryl methyl sites for hydroxylation is 1. The molecule has 0 spiro atoms. The molecule has 2 N–H and O–H groups in total. The Balaban J connectivity index is 2.42. The zero-order valence-corrected chi connectivity index (χ0v) is 10.8. The third kappa shape index (κ3) is 4.32. The highest BCUT2D eigenvalue weighted by atomic mass is 32.2. The predicted molar refractivity (Wildman–Crippen MR) is 64.9 cm³/mol. The van der Waals surface area contributed by atoms with Crippen LogP contribution in [0.4, 0.5) is 0 Å². The Bertz CT molecular complexity index is 397.